The largest absolute Gasteiger partial charge is 0.329 e. The van der Waals surface area contributed by atoms with Crippen molar-refractivity contribution in [2.75, 3.05) is 19.6 Å². The van der Waals surface area contributed by atoms with Gasteiger partial charge in [0.1, 0.15) is 0 Å². The molecule has 0 bridgehead atoms. The summed E-state index contributed by atoms with van der Waals surface area (Å²) >= 11 is 0. The Morgan fingerprint density at radius 3 is 2.58 bits per heavy atom. The van der Waals surface area contributed by atoms with Crippen LogP contribution in [0.5, 0.6) is 0 Å². The van der Waals surface area contributed by atoms with Crippen LogP contribution >= 0.6 is 0 Å². The van der Waals surface area contributed by atoms with Crippen LogP contribution in [0.2, 0.25) is 0 Å². The molecule has 2 N–H and O–H groups in total. The molecule has 2 atom stereocenters. The summed E-state index contributed by atoms with van der Waals surface area (Å²) in [5.74, 6) is 0.803. The lowest BCUT2D eigenvalue weighted by atomic mass is 9.87. The van der Waals surface area contributed by atoms with Gasteiger partial charge in [-0.25, -0.2) is 0 Å². The van der Waals surface area contributed by atoms with Gasteiger partial charge in [-0.1, -0.05) is 36.8 Å². The topological polar surface area (TPSA) is 29.3 Å². The fraction of sp³-hybridized carbons (Fsp3) is 0.647. The second-order valence-corrected chi connectivity index (χ2v) is 6.56. The summed E-state index contributed by atoms with van der Waals surface area (Å²) in [5, 5.41) is 0. The summed E-state index contributed by atoms with van der Waals surface area (Å²) in [7, 11) is 0. The minimum absolute atomic E-state index is 0.101. The minimum Gasteiger partial charge on any atom is -0.329 e. The molecule has 0 amide bonds. The predicted molar refractivity (Wildman–Crippen MR) is 82.3 cm³/mol. The lowest BCUT2D eigenvalue weighted by molar-refractivity contribution is 0.0641. The Morgan fingerprint density at radius 2 is 2.00 bits per heavy atom. The van der Waals surface area contributed by atoms with Gasteiger partial charge in [0.25, 0.3) is 0 Å². The van der Waals surface area contributed by atoms with Crippen LogP contribution in [-0.2, 0) is 6.42 Å². The quantitative estimate of drug-likeness (QED) is 0.902. The maximum atomic E-state index is 6.12. The third-order valence-electron chi connectivity index (χ3n) is 4.57. The van der Waals surface area contributed by atoms with Crippen molar-refractivity contribution in [1.29, 1.82) is 0 Å². The Kier molecular flexibility index (Phi) is 4.64. The molecule has 0 aromatic heterocycles. The van der Waals surface area contributed by atoms with Crippen molar-refractivity contribution < 1.29 is 0 Å². The molecule has 1 fully saturated rings. The number of hydrogen-bond acceptors (Lipinski definition) is 2. The summed E-state index contributed by atoms with van der Waals surface area (Å²) in [6.45, 7) is 9.94. The Labute approximate surface area is 118 Å². The highest BCUT2D eigenvalue weighted by Crippen LogP contribution is 2.26. The monoisotopic (exact) mass is 260 g/mol. The number of hydrogen-bond donors (Lipinski definition) is 1. The zero-order valence-electron chi connectivity index (χ0n) is 12.7. The van der Waals surface area contributed by atoms with Gasteiger partial charge in [0.2, 0.25) is 0 Å². The molecule has 1 aromatic carbocycles. The highest BCUT2D eigenvalue weighted by molar-refractivity contribution is 5.23. The highest BCUT2D eigenvalue weighted by atomic mass is 15.2. The van der Waals surface area contributed by atoms with Crippen LogP contribution in [0.4, 0.5) is 0 Å². The van der Waals surface area contributed by atoms with Gasteiger partial charge >= 0.3 is 0 Å². The van der Waals surface area contributed by atoms with Gasteiger partial charge in [-0.2, -0.15) is 0 Å². The highest BCUT2D eigenvalue weighted by Gasteiger charge is 2.33. The molecule has 2 unspecified atom stereocenters. The molecule has 1 saturated heterocycles. The van der Waals surface area contributed by atoms with Crippen molar-refractivity contribution in [3.63, 3.8) is 0 Å². The number of piperidine rings is 1. The van der Waals surface area contributed by atoms with E-state index in [9.17, 15) is 0 Å². The first-order valence-electron chi connectivity index (χ1n) is 7.54. The zero-order valence-corrected chi connectivity index (χ0v) is 12.7. The molecule has 0 saturated carbocycles. The SMILES string of the molecule is Cc1ccc(CC(C)(CN)N2CCCC(C)C2)cc1. The number of benzene rings is 1. The van der Waals surface area contributed by atoms with Gasteiger partial charge in [-0.15, -0.1) is 0 Å². The third kappa shape index (κ3) is 3.58. The van der Waals surface area contributed by atoms with E-state index in [1.54, 1.807) is 0 Å². The fourth-order valence-electron chi connectivity index (χ4n) is 3.14. The van der Waals surface area contributed by atoms with E-state index in [0.29, 0.717) is 0 Å². The molecule has 2 rings (SSSR count). The lowest BCUT2D eigenvalue weighted by Crippen LogP contribution is -2.56. The fourth-order valence-corrected chi connectivity index (χ4v) is 3.14. The molecule has 1 aliphatic heterocycles. The maximum absolute atomic E-state index is 6.12. The third-order valence-corrected chi connectivity index (χ3v) is 4.57. The van der Waals surface area contributed by atoms with Crippen molar-refractivity contribution in [3.8, 4) is 0 Å². The summed E-state index contributed by atoms with van der Waals surface area (Å²) in [4.78, 5) is 2.61. The molecular formula is C17H28N2. The molecule has 1 heterocycles. The predicted octanol–water partition coefficient (Wildman–Crippen LogP) is 2.99. The molecule has 0 spiro atoms. The first-order valence-corrected chi connectivity index (χ1v) is 7.54. The van der Waals surface area contributed by atoms with Gasteiger partial charge in [-0.3, -0.25) is 4.90 Å². The first-order chi connectivity index (χ1) is 9.03. The van der Waals surface area contributed by atoms with E-state index in [0.717, 1.165) is 18.9 Å². The molecule has 0 aliphatic carbocycles. The van der Waals surface area contributed by atoms with E-state index >= 15 is 0 Å². The van der Waals surface area contributed by atoms with Gasteiger partial charge in [0.15, 0.2) is 0 Å². The van der Waals surface area contributed by atoms with Gasteiger partial charge < -0.3 is 5.73 Å². The molecule has 2 heteroatoms. The normalized spacial score (nSPS) is 24.1. The van der Waals surface area contributed by atoms with Gasteiger partial charge in [0.05, 0.1) is 0 Å². The number of aryl methyl sites for hydroxylation is 1. The van der Waals surface area contributed by atoms with Crippen LogP contribution in [0.1, 0.15) is 37.8 Å². The minimum atomic E-state index is 0.101. The number of rotatable bonds is 4. The van der Waals surface area contributed by atoms with Crippen LogP contribution in [-0.4, -0.2) is 30.1 Å². The van der Waals surface area contributed by atoms with Gasteiger partial charge in [0, 0.05) is 18.6 Å². The van der Waals surface area contributed by atoms with Crippen LogP contribution in [0.3, 0.4) is 0 Å². The van der Waals surface area contributed by atoms with E-state index < -0.39 is 0 Å². The molecule has 1 aliphatic rings. The molecule has 2 nitrogen and oxygen atoms in total. The average molecular weight is 260 g/mol. The van der Waals surface area contributed by atoms with Crippen molar-refractivity contribution in [2.45, 2.75) is 45.6 Å². The lowest BCUT2D eigenvalue weighted by Gasteiger charge is -2.45. The summed E-state index contributed by atoms with van der Waals surface area (Å²) in [5.41, 5.74) is 8.94. The zero-order chi connectivity index (χ0) is 13.9. The number of nitrogens with zero attached hydrogens (tertiary/aromatic N) is 1. The van der Waals surface area contributed by atoms with Crippen LogP contribution < -0.4 is 5.73 Å². The van der Waals surface area contributed by atoms with E-state index in [2.05, 4.69) is 49.9 Å². The number of likely N-dealkylation sites (tertiary alicyclic amines) is 1. The Bertz CT molecular complexity index is 398. The Balaban J connectivity index is 2.10. The van der Waals surface area contributed by atoms with Crippen LogP contribution in [0.25, 0.3) is 0 Å². The van der Waals surface area contributed by atoms with Crippen molar-refractivity contribution in [2.24, 2.45) is 11.7 Å². The van der Waals surface area contributed by atoms with Crippen molar-refractivity contribution >= 4 is 0 Å². The van der Waals surface area contributed by atoms with Crippen molar-refractivity contribution in [3.05, 3.63) is 35.4 Å². The second kappa shape index (κ2) is 6.06. The van der Waals surface area contributed by atoms with E-state index in [4.69, 9.17) is 5.73 Å². The summed E-state index contributed by atoms with van der Waals surface area (Å²) in [6, 6.07) is 8.89. The van der Waals surface area contributed by atoms with E-state index in [1.807, 2.05) is 0 Å². The average Bonchev–Trinajstić information content (AvgIpc) is 2.41. The maximum Gasteiger partial charge on any atom is 0.0343 e. The van der Waals surface area contributed by atoms with Crippen molar-refractivity contribution in [1.82, 2.24) is 4.90 Å². The molecule has 1 aromatic rings. The standard InChI is InChI=1S/C17H28N2/c1-14-6-8-16(9-7-14)11-17(3,13-18)19-10-4-5-15(2)12-19/h6-9,15H,4-5,10-13,18H2,1-3H3. The number of nitrogens with two attached hydrogens (primary N) is 1. The summed E-state index contributed by atoms with van der Waals surface area (Å²) in [6.07, 6.45) is 3.73. The Hall–Kier alpha value is -0.860. The van der Waals surface area contributed by atoms with E-state index in [-0.39, 0.29) is 5.54 Å². The Morgan fingerprint density at radius 1 is 1.32 bits per heavy atom. The first kappa shape index (κ1) is 14.5. The molecule has 106 valence electrons. The second-order valence-electron chi connectivity index (χ2n) is 6.56. The van der Waals surface area contributed by atoms with Crippen LogP contribution in [0, 0.1) is 12.8 Å². The summed E-state index contributed by atoms with van der Waals surface area (Å²) < 4.78 is 0. The van der Waals surface area contributed by atoms with Crippen LogP contribution in [0.15, 0.2) is 24.3 Å². The smallest absolute Gasteiger partial charge is 0.0343 e. The molecule has 19 heavy (non-hydrogen) atoms. The molecule has 0 radical (unpaired) electrons. The molecular weight excluding hydrogens is 232 g/mol. The van der Waals surface area contributed by atoms with Gasteiger partial charge in [-0.05, 0) is 51.1 Å². The van der Waals surface area contributed by atoms with E-state index in [1.165, 1.54) is 37.1 Å².